The molecule has 1 aromatic rings. The minimum Gasteiger partial charge on any atom is -0.307 e. The van der Waals surface area contributed by atoms with Crippen LogP contribution in [0.15, 0.2) is 41.4 Å². The molecule has 0 aliphatic carbocycles. The Kier molecular flexibility index (Phi) is 3.43. The summed E-state index contributed by atoms with van der Waals surface area (Å²) in [5, 5.41) is -0.300. The molecule has 1 aliphatic rings. The largest absolute Gasteiger partial charge is 0.307 e. The Morgan fingerprint density at radius 1 is 1.33 bits per heavy atom. The normalized spacial score (nSPS) is 25.8. The highest BCUT2D eigenvalue weighted by atomic mass is 32.2. The van der Waals surface area contributed by atoms with Gasteiger partial charge < -0.3 is 4.90 Å². The first kappa shape index (κ1) is 12.7. The summed E-state index contributed by atoms with van der Waals surface area (Å²) in [6.45, 7) is 1.60. The van der Waals surface area contributed by atoms with Crippen molar-refractivity contribution in [3.63, 3.8) is 0 Å². The van der Waals surface area contributed by atoms with Crippen LogP contribution in [0.3, 0.4) is 0 Å². The first-order valence-corrected chi connectivity index (χ1v) is 6.73. The molecule has 1 heterocycles. The molecule has 0 saturated carbocycles. The predicted molar refractivity (Wildman–Crippen MR) is 69.2 cm³/mol. The molecular weight excluding hydrogens is 250 g/mol. The van der Waals surface area contributed by atoms with Crippen LogP contribution in [0, 0.1) is 0 Å². The Morgan fingerprint density at radius 2 is 1.94 bits per heavy atom. The quantitative estimate of drug-likeness (QED) is 0.597. The fourth-order valence-electron chi connectivity index (χ4n) is 1.74. The van der Waals surface area contributed by atoms with Crippen LogP contribution < -0.4 is 0 Å². The molecule has 2 rings (SSSR count). The van der Waals surface area contributed by atoms with Gasteiger partial charge in [-0.2, -0.15) is 0 Å². The zero-order valence-corrected chi connectivity index (χ0v) is 10.9. The Balaban J connectivity index is 2.32. The predicted octanol–water partition coefficient (Wildman–Crippen LogP) is 1.32. The summed E-state index contributed by atoms with van der Waals surface area (Å²) in [5.74, 6) is -0.465. The second-order valence-corrected chi connectivity index (χ2v) is 5.77. The van der Waals surface area contributed by atoms with Gasteiger partial charge in [0.1, 0.15) is 10.3 Å². The number of hydrogen-bond acceptors (Lipinski definition) is 3. The van der Waals surface area contributed by atoms with Crippen LogP contribution in [0.25, 0.3) is 0 Å². The lowest BCUT2D eigenvalue weighted by Crippen LogP contribution is -2.23. The van der Waals surface area contributed by atoms with Gasteiger partial charge in [0.2, 0.25) is 5.91 Å². The summed E-state index contributed by atoms with van der Waals surface area (Å²) in [7, 11) is 0.0923. The van der Waals surface area contributed by atoms with Gasteiger partial charge >= 0.3 is 0 Å². The van der Waals surface area contributed by atoms with Crippen LogP contribution in [0.1, 0.15) is 17.3 Å². The highest BCUT2D eigenvalue weighted by Gasteiger charge is 2.37. The van der Waals surface area contributed by atoms with E-state index in [1.54, 1.807) is 31.2 Å². The van der Waals surface area contributed by atoms with Crippen LogP contribution in [0.5, 0.6) is 0 Å². The molecule has 1 unspecified atom stereocenters. The maximum atomic E-state index is 12.0. The molecule has 1 amide bonds. The molecule has 0 radical (unpaired) electrons. The van der Waals surface area contributed by atoms with Crippen LogP contribution in [0.4, 0.5) is 0 Å². The maximum absolute atomic E-state index is 12.0. The van der Waals surface area contributed by atoms with Crippen molar-refractivity contribution in [1.29, 1.82) is 0 Å². The SMILES string of the molecule is C[C@H]1C(=O)N(C)/C(=C/C(=O)c2ccccc2)S1=O. The molecule has 0 N–H and O–H groups in total. The molecule has 94 valence electrons. The van der Waals surface area contributed by atoms with Gasteiger partial charge in [-0.1, -0.05) is 30.3 Å². The van der Waals surface area contributed by atoms with Crippen molar-refractivity contribution in [3.05, 3.63) is 47.0 Å². The molecule has 1 aliphatic heterocycles. The van der Waals surface area contributed by atoms with Crippen molar-refractivity contribution >= 4 is 22.5 Å². The highest BCUT2D eigenvalue weighted by Crippen LogP contribution is 2.23. The summed E-state index contributed by atoms with van der Waals surface area (Å²) in [5.41, 5.74) is 0.516. The summed E-state index contributed by atoms with van der Waals surface area (Å²) >= 11 is 0. The second-order valence-electron chi connectivity index (χ2n) is 4.05. The second kappa shape index (κ2) is 4.86. The first-order valence-electron chi connectivity index (χ1n) is 5.51. The van der Waals surface area contributed by atoms with Gasteiger partial charge in [0.25, 0.3) is 0 Å². The maximum Gasteiger partial charge on any atom is 0.243 e. The molecule has 2 atom stereocenters. The number of hydrogen-bond donors (Lipinski definition) is 0. The zero-order valence-electron chi connectivity index (χ0n) is 10.1. The number of allylic oxidation sites excluding steroid dienone is 1. The Bertz CT molecular complexity index is 551. The Hall–Kier alpha value is -1.75. The lowest BCUT2D eigenvalue weighted by Gasteiger charge is -2.08. The van der Waals surface area contributed by atoms with E-state index in [-0.39, 0.29) is 16.7 Å². The van der Waals surface area contributed by atoms with Gasteiger partial charge in [0, 0.05) is 18.7 Å². The fourth-order valence-corrected chi connectivity index (χ4v) is 3.03. The van der Waals surface area contributed by atoms with Crippen LogP contribution >= 0.6 is 0 Å². The number of amides is 1. The van der Waals surface area contributed by atoms with E-state index in [0.29, 0.717) is 5.56 Å². The minimum absolute atomic E-state index is 0.222. The molecular formula is C13H13NO3S. The van der Waals surface area contributed by atoms with E-state index in [1.165, 1.54) is 18.0 Å². The van der Waals surface area contributed by atoms with Crippen LogP contribution in [-0.2, 0) is 15.6 Å². The summed E-state index contributed by atoms with van der Waals surface area (Å²) < 4.78 is 11.9. The van der Waals surface area contributed by atoms with E-state index in [4.69, 9.17) is 0 Å². The van der Waals surface area contributed by atoms with Crippen molar-refractivity contribution in [1.82, 2.24) is 4.90 Å². The average molecular weight is 263 g/mol. The third-order valence-corrected chi connectivity index (χ3v) is 4.50. The van der Waals surface area contributed by atoms with Crippen LogP contribution in [-0.4, -0.2) is 33.1 Å². The lowest BCUT2D eigenvalue weighted by atomic mass is 10.1. The van der Waals surface area contributed by atoms with E-state index in [9.17, 15) is 13.8 Å². The molecule has 4 nitrogen and oxygen atoms in total. The van der Waals surface area contributed by atoms with Gasteiger partial charge in [-0.25, -0.2) is 0 Å². The van der Waals surface area contributed by atoms with Gasteiger partial charge in [0.05, 0.1) is 10.8 Å². The smallest absolute Gasteiger partial charge is 0.243 e. The number of rotatable bonds is 2. The van der Waals surface area contributed by atoms with E-state index < -0.39 is 16.0 Å². The molecule has 0 spiro atoms. The molecule has 1 aromatic carbocycles. The summed E-state index contributed by atoms with van der Waals surface area (Å²) in [6, 6.07) is 8.70. The van der Waals surface area contributed by atoms with E-state index in [2.05, 4.69) is 0 Å². The Labute approximate surface area is 108 Å². The summed E-state index contributed by atoms with van der Waals surface area (Å²) in [6.07, 6.45) is 1.28. The van der Waals surface area contributed by atoms with Gasteiger partial charge in [-0.05, 0) is 6.92 Å². The van der Waals surface area contributed by atoms with E-state index in [0.717, 1.165) is 0 Å². The monoisotopic (exact) mass is 263 g/mol. The average Bonchev–Trinajstić information content (AvgIpc) is 2.57. The van der Waals surface area contributed by atoms with Gasteiger partial charge in [-0.3, -0.25) is 13.8 Å². The molecule has 5 heteroatoms. The van der Waals surface area contributed by atoms with Gasteiger partial charge in [0.15, 0.2) is 5.78 Å². The Morgan fingerprint density at radius 3 is 2.44 bits per heavy atom. The minimum atomic E-state index is -1.44. The topological polar surface area (TPSA) is 54.5 Å². The van der Waals surface area contributed by atoms with Crippen molar-refractivity contribution in [2.45, 2.75) is 12.2 Å². The lowest BCUT2D eigenvalue weighted by molar-refractivity contribution is -0.126. The van der Waals surface area contributed by atoms with Crippen molar-refractivity contribution in [3.8, 4) is 0 Å². The number of carbonyl (C=O) groups excluding carboxylic acids is 2. The molecule has 1 saturated heterocycles. The first-order chi connectivity index (χ1) is 8.52. The summed E-state index contributed by atoms with van der Waals surface area (Å²) in [4.78, 5) is 24.9. The van der Waals surface area contributed by atoms with Crippen molar-refractivity contribution < 1.29 is 13.8 Å². The third-order valence-electron chi connectivity index (χ3n) is 2.85. The van der Waals surface area contributed by atoms with Crippen molar-refractivity contribution in [2.24, 2.45) is 0 Å². The molecule has 0 aromatic heterocycles. The molecule has 1 fully saturated rings. The molecule has 0 bridgehead atoms. The fraction of sp³-hybridized carbons (Fsp3) is 0.231. The number of nitrogens with zero attached hydrogens (tertiary/aromatic N) is 1. The number of carbonyl (C=O) groups is 2. The van der Waals surface area contributed by atoms with E-state index >= 15 is 0 Å². The van der Waals surface area contributed by atoms with Gasteiger partial charge in [-0.15, -0.1) is 0 Å². The van der Waals surface area contributed by atoms with Crippen molar-refractivity contribution in [2.75, 3.05) is 7.05 Å². The number of benzene rings is 1. The zero-order chi connectivity index (χ0) is 13.3. The van der Waals surface area contributed by atoms with Crippen LogP contribution in [0.2, 0.25) is 0 Å². The molecule has 18 heavy (non-hydrogen) atoms. The highest BCUT2D eigenvalue weighted by molar-refractivity contribution is 7.90. The number of ketones is 1. The third kappa shape index (κ3) is 2.13. The van der Waals surface area contributed by atoms with E-state index in [1.807, 2.05) is 6.07 Å². The standard InChI is InChI=1S/C13H13NO3S/c1-9-13(16)14(2)12(18(9)17)8-11(15)10-6-4-3-5-7-10/h3-9H,1-2H3/b12-8-/t9-,18?/m0/s1.